The molecule has 4 heteroatoms. The second kappa shape index (κ2) is 16.4. The summed E-state index contributed by atoms with van der Waals surface area (Å²) in [4.78, 5) is 4.55. The molecule has 0 aliphatic heterocycles. The maximum Gasteiger partial charge on any atom is 0.0462 e. The van der Waals surface area contributed by atoms with Crippen LogP contribution in [0.4, 0.5) is 34.1 Å². The fraction of sp³-hybridized carbons (Fsp3) is 0. The first kappa shape index (κ1) is 35.1. The molecular weight excluding hydrogens is 788 g/mol. The maximum absolute atomic E-state index is 3.92. The molecule has 0 aliphatic carbocycles. The van der Waals surface area contributed by atoms with E-state index in [0.29, 0.717) is 0 Å². The van der Waals surface area contributed by atoms with E-state index in [2.05, 4.69) is 236 Å². The number of hydrogen-bond acceptors (Lipinski definition) is 2. The highest BCUT2D eigenvalue weighted by atomic mass is 79.9. The molecule has 0 heterocycles. The Morgan fingerprint density at radius 2 is 0.556 bits per heavy atom. The van der Waals surface area contributed by atoms with Crippen molar-refractivity contribution in [1.29, 1.82) is 0 Å². The molecule has 0 radical (unpaired) electrons. The molecule has 8 aromatic carbocycles. The highest BCUT2D eigenvalue weighted by molar-refractivity contribution is 9.11. The van der Waals surface area contributed by atoms with Crippen LogP contribution in [0.5, 0.6) is 0 Å². The van der Waals surface area contributed by atoms with Crippen LogP contribution in [0.25, 0.3) is 35.1 Å². The van der Waals surface area contributed by atoms with Crippen LogP contribution in [-0.4, -0.2) is 0 Å². The average molecular weight is 825 g/mol. The summed E-state index contributed by atoms with van der Waals surface area (Å²) in [5, 5.41) is 2.31. The van der Waals surface area contributed by atoms with Crippen molar-refractivity contribution >= 4 is 101 Å². The van der Waals surface area contributed by atoms with Gasteiger partial charge in [-0.2, -0.15) is 0 Å². The Labute approximate surface area is 334 Å². The zero-order valence-corrected chi connectivity index (χ0v) is 32.6. The van der Waals surface area contributed by atoms with Crippen molar-refractivity contribution in [3.8, 4) is 0 Å². The van der Waals surface area contributed by atoms with Crippen molar-refractivity contribution in [3.05, 3.63) is 225 Å². The van der Waals surface area contributed by atoms with Crippen molar-refractivity contribution in [2.24, 2.45) is 0 Å². The minimum absolute atomic E-state index is 1.07. The predicted octanol–water partition coefficient (Wildman–Crippen LogP) is 15.6. The van der Waals surface area contributed by atoms with Crippen molar-refractivity contribution in [2.75, 3.05) is 9.80 Å². The zero-order valence-electron chi connectivity index (χ0n) is 29.4. The van der Waals surface area contributed by atoms with Crippen molar-refractivity contribution in [2.45, 2.75) is 0 Å². The van der Waals surface area contributed by atoms with Crippen molar-refractivity contribution in [1.82, 2.24) is 0 Å². The molecule has 260 valence electrons. The van der Waals surface area contributed by atoms with Gasteiger partial charge in [-0.15, -0.1) is 0 Å². The number of rotatable bonds is 10. The Bertz CT molecular complexity index is 2270. The predicted molar refractivity (Wildman–Crippen MR) is 239 cm³/mol. The SMILES string of the molecule is Brc1c(/C=C/c2ccc(N(c3ccccc3)c3ccccc3)cc2)ccc2c(Br)c(/C=C/c3ccc(N(c4ccccc4)c4ccccc4)cc3)ccc12. The third-order valence-electron chi connectivity index (χ3n) is 9.40. The Morgan fingerprint density at radius 1 is 0.278 bits per heavy atom. The summed E-state index contributed by atoms with van der Waals surface area (Å²) in [7, 11) is 0. The maximum atomic E-state index is 3.92. The molecule has 0 fully saturated rings. The third kappa shape index (κ3) is 7.72. The molecule has 0 bridgehead atoms. The van der Waals surface area contributed by atoms with Gasteiger partial charge in [-0.25, -0.2) is 0 Å². The van der Waals surface area contributed by atoms with E-state index in [1.807, 2.05) is 24.3 Å². The van der Waals surface area contributed by atoms with Gasteiger partial charge in [0, 0.05) is 43.1 Å². The van der Waals surface area contributed by atoms with E-state index in [0.717, 1.165) is 76.1 Å². The van der Waals surface area contributed by atoms with Gasteiger partial charge >= 0.3 is 0 Å². The molecule has 0 saturated carbocycles. The lowest BCUT2D eigenvalue weighted by Crippen LogP contribution is -2.09. The lowest BCUT2D eigenvalue weighted by Gasteiger charge is -2.25. The van der Waals surface area contributed by atoms with E-state index in [9.17, 15) is 0 Å². The zero-order chi connectivity index (χ0) is 36.7. The molecule has 0 spiro atoms. The van der Waals surface area contributed by atoms with Crippen molar-refractivity contribution < 1.29 is 0 Å². The van der Waals surface area contributed by atoms with Crippen LogP contribution in [-0.2, 0) is 0 Å². The minimum Gasteiger partial charge on any atom is -0.311 e. The lowest BCUT2D eigenvalue weighted by molar-refractivity contribution is 1.28. The van der Waals surface area contributed by atoms with Crippen LogP contribution in [0.3, 0.4) is 0 Å². The van der Waals surface area contributed by atoms with Gasteiger partial charge in [0.25, 0.3) is 0 Å². The molecule has 0 aliphatic rings. The van der Waals surface area contributed by atoms with E-state index < -0.39 is 0 Å². The summed E-state index contributed by atoms with van der Waals surface area (Å²) < 4.78 is 2.14. The van der Waals surface area contributed by atoms with Gasteiger partial charge in [-0.3, -0.25) is 0 Å². The number of para-hydroxylation sites is 4. The van der Waals surface area contributed by atoms with Gasteiger partial charge < -0.3 is 9.80 Å². The average Bonchev–Trinajstić information content (AvgIpc) is 3.23. The number of halogens is 2. The Kier molecular flexibility index (Phi) is 10.7. The molecule has 8 aromatic rings. The Hall–Kier alpha value is -5.94. The van der Waals surface area contributed by atoms with E-state index >= 15 is 0 Å². The number of hydrogen-bond donors (Lipinski definition) is 0. The molecule has 2 nitrogen and oxygen atoms in total. The number of fused-ring (bicyclic) bond motifs is 1. The standard InChI is InChI=1S/C50H36Br2N2/c51-49-39(27-21-37-23-31-45(32-24-37)53(41-13-5-1-6-14-41)42-15-7-2-8-16-42)29-35-48-47(49)36-30-40(50(48)52)28-22-38-25-33-46(34-26-38)54(43-17-9-3-10-18-43)44-19-11-4-12-20-44/h1-36H/b27-21+,28-22+. The van der Waals surface area contributed by atoms with E-state index in [1.165, 1.54) is 0 Å². The number of anilines is 6. The van der Waals surface area contributed by atoms with Gasteiger partial charge in [0.2, 0.25) is 0 Å². The summed E-state index contributed by atoms with van der Waals surface area (Å²) in [5.41, 5.74) is 11.2. The molecule has 0 N–H and O–H groups in total. The molecule has 0 saturated heterocycles. The van der Waals surface area contributed by atoms with Crippen LogP contribution in [0.2, 0.25) is 0 Å². The number of benzene rings is 8. The lowest BCUT2D eigenvalue weighted by atomic mass is 10.0. The van der Waals surface area contributed by atoms with Crippen LogP contribution in [0, 0.1) is 0 Å². The van der Waals surface area contributed by atoms with Gasteiger partial charge in [-0.1, -0.05) is 146 Å². The smallest absolute Gasteiger partial charge is 0.0462 e. The molecule has 54 heavy (non-hydrogen) atoms. The quantitative estimate of drug-likeness (QED) is 0.127. The Morgan fingerprint density at radius 3 is 0.852 bits per heavy atom. The first-order valence-corrected chi connectivity index (χ1v) is 19.5. The summed E-state index contributed by atoms with van der Waals surface area (Å²) in [6.07, 6.45) is 8.68. The summed E-state index contributed by atoms with van der Waals surface area (Å²) in [5.74, 6) is 0. The van der Waals surface area contributed by atoms with Gasteiger partial charge in [0.15, 0.2) is 0 Å². The topological polar surface area (TPSA) is 6.48 Å². The van der Waals surface area contributed by atoms with Crippen LogP contribution in [0.1, 0.15) is 22.3 Å². The van der Waals surface area contributed by atoms with Crippen molar-refractivity contribution in [3.63, 3.8) is 0 Å². The Balaban J connectivity index is 0.996. The van der Waals surface area contributed by atoms with Crippen LogP contribution >= 0.6 is 31.9 Å². The molecule has 8 rings (SSSR count). The monoisotopic (exact) mass is 822 g/mol. The fourth-order valence-corrected chi connectivity index (χ4v) is 7.89. The normalized spacial score (nSPS) is 11.4. The molecule has 0 aromatic heterocycles. The van der Waals surface area contributed by atoms with Gasteiger partial charge in [0.05, 0.1) is 0 Å². The van der Waals surface area contributed by atoms with Gasteiger partial charge in [0.1, 0.15) is 0 Å². The fourth-order valence-electron chi connectivity index (χ4n) is 6.67. The molecule has 0 amide bonds. The third-order valence-corrected chi connectivity index (χ3v) is 11.2. The van der Waals surface area contributed by atoms with E-state index in [-0.39, 0.29) is 0 Å². The highest BCUT2D eigenvalue weighted by Crippen LogP contribution is 2.38. The first-order chi connectivity index (χ1) is 26.6. The first-order valence-electron chi connectivity index (χ1n) is 17.9. The van der Waals surface area contributed by atoms with Crippen LogP contribution < -0.4 is 9.80 Å². The highest BCUT2D eigenvalue weighted by Gasteiger charge is 2.13. The number of nitrogens with zero attached hydrogens (tertiary/aromatic N) is 2. The molecular formula is C50H36Br2N2. The van der Waals surface area contributed by atoms with Gasteiger partial charge in [-0.05, 0) is 138 Å². The summed E-state index contributed by atoms with van der Waals surface area (Å²) in [6.45, 7) is 0. The second-order valence-electron chi connectivity index (χ2n) is 12.9. The second-order valence-corrected chi connectivity index (χ2v) is 14.5. The summed E-state index contributed by atoms with van der Waals surface area (Å²) in [6, 6.07) is 68.1. The minimum atomic E-state index is 1.07. The molecule has 0 unspecified atom stereocenters. The van der Waals surface area contributed by atoms with E-state index in [4.69, 9.17) is 0 Å². The molecule has 0 atom stereocenters. The van der Waals surface area contributed by atoms with Crippen LogP contribution in [0.15, 0.2) is 203 Å². The van der Waals surface area contributed by atoms with E-state index in [1.54, 1.807) is 0 Å². The summed E-state index contributed by atoms with van der Waals surface area (Å²) >= 11 is 7.85. The largest absolute Gasteiger partial charge is 0.311 e.